The molecule has 2 aliphatic rings. The molecule has 152 valence electrons. The molecule has 29 heavy (non-hydrogen) atoms. The number of rotatable bonds is 4. The van der Waals surface area contributed by atoms with Gasteiger partial charge in [-0.15, -0.1) is 0 Å². The molecule has 2 unspecified atom stereocenters. The molecule has 0 bridgehead atoms. The second kappa shape index (κ2) is 8.33. The molecule has 2 atom stereocenters. The molecule has 2 aromatic rings. The van der Waals surface area contributed by atoms with Crippen LogP contribution in [-0.2, 0) is 16.1 Å². The van der Waals surface area contributed by atoms with Crippen molar-refractivity contribution in [3.8, 4) is 11.5 Å². The highest BCUT2D eigenvalue weighted by Gasteiger charge is 2.42. The van der Waals surface area contributed by atoms with Crippen molar-refractivity contribution in [3.63, 3.8) is 0 Å². The van der Waals surface area contributed by atoms with Gasteiger partial charge in [-0.1, -0.05) is 29.8 Å². The molecule has 0 aliphatic carbocycles. The van der Waals surface area contributed by atoms with Gasteiger partial charge in [0.05, 0.1) is 25.2 Å². The van der Waals surface area contributed by atoms with E-state index in [2.05, 4.69) is 5.32 Å². The maximum Gasteiger partial charge on any atom is 0.226 e. The summed E-state index contributed by atoms with van der Waals surface area (Å²) in [6, 6.07) is 12.7. The maximum atomic E-state index is 12.9. The van der Waals surface area contributed by atoms with E-state index in [1.54, 1.807) is 18.0 Å². The number of carbonyl (C=O) groups is 2. The van der Waals surface area contributed by atoms with Gasteiger partial charge in [-0.25, -0.2) is 0 Å². The molecule has 2 aromatic carbocycles. The van der Waals surface area contributed by atoms with Crippen LogP contribution in [0.2, 0.25) is 5.02 Å². The standard InChI is InChI=1S/C22H23ClN2O4/c1-25-20(26)12-17(21(25)15-4-2-5-16(23)11-15)22(27)24-13-14-6-7-18-19(10-14)29-9-3-8-28-18/h2,4-7,10-11,17,21H,3,8-9,12-13H2,1H3,(H,24,27). The topological polar surface area (TPSA) is 67.9 Å². The van der Waals surface area contributed by atoms with Crippen LogP contribution in [0.5, 0.6) is 11.5 Å². The van der Waals surface area contributed by atoms with Crippen molar-refractivity contribution >= 4 is 23.4 Å². The minimum Gasteiger partial charge on any atom is -0.490 e. The van der Waals surface area contributed by atoms with Crippen LogP contribution in [0.4, 0.5) is 0 Å². The Bertz CT molecular complexity index is 933. The van der Waals surface area contributed by atoms with Gasteiger partial charge in [0.15, 0.2) is 11.5 Å². The third-order valence-corrected chi connectivity index (χ3v) is 5.63. The Hall–Kier alpha value is -2.73. The smallest absolute Gasteiger partial charge is 0.226 e. The summed E-state index contributed by atoms with van der Waals surface area (Å²) in [7, 11) is 1.73. The van der Waals surface area contributed by atoms with E-state index in [0.717, 1.165) is 23.3 Å². The van der Waals surface area contributed by atoms with Crippen LogP contribution >= 0.6 is 11.6 Å². The molecule has 1 N–H and O–H groups in total. The Morgan fingerprint density at radius 1 is 1.17 bits per heavy atom. The van der Waals surface area contributed by atoms with Crippen molar-refractivity contribution in [2.75, 3.05) is 20.3 Å². The average molecular weight is 415 g/mol. The number of likely N-dealkylation sites (tertiary alicyclic amines) is 1. The zero-order valence-corrected chi connectivity index (χ0v) is 16.9. The summed E-state index contributed by atoms with van der Waals surface area (Å²) in [6.45, 7) is 1.60. The van der Waals surface area contributed by atoms with Crippen LogP contribution in [0.1, 0.15) is 30.0 Å². The van der Waals surface area contributed by atoms with E-state index in [1.165, 1.54) is 0 Å². The number of nitrogens with one attached hydrogen (secondary N) is 1. The van der Waals surface area contributed by atoms with E-state index in [4.69, 9.17) is 21.1 Å². The number of amides is 2. The number of hydrogen-bond donors (Lipinski definition) is 1. The molecule has 4 rings (SSSR count). The molecule has 0 saturated carbocycles. The number of fused-ring (bicyclic) bond motifs is 1. The van der Waals surface area contributed by atoms with Crippen LogP contribution in [-0.4, -0.2) is 37.0 Å². The molecule has 1 saturated heterocycles. The molecule has 2 heterocycles. The van der Waals surface area contributed by atoms with E-state index in [0.29, 0.717) is 30.5 Å². The monoisotopic (exact) mass is 414 g/mol. The van der Waals surface area contributed by atoms with Gasteiger partial charge in [-0.2, -0.15) is 0 Å². The lowest BCUT2D eigenvalue weighted by molar-refractivity contribution is -0.128. The predicted octanol–water partition coefficient (Wildman–Crippen LogP) is 3.34. The summed E-state index contributed by atoms with van der Waals surface area (Å²) in [5, 5.41) is 3.56. The van der Waals surface area contributed by atoms with Gasteiger partial charge >= 0.3 is 0 Å². The highest BCUT2D eigenvalue weighted by atomic mass is 35.5. The third-order valence-electron chi connectivity index (χ3n) is 5.39. The van der Waals surface area contributed by atoms with Gasteiger partial charge in [-0.05, 0) is 35.4 Å². The maximum absolute atomic E-state index is 12.9. The minimum absolute atomic E-state index is 0.0503. The average Bonchev–Trinajstić information content (AvgIpc) is 2.88. The molecule has 2 amide bonds. The fourth-order valence-electron chi connectivity index (χ4n) is 3.89. The fourth-order valence-corrected chi connectivity index (χ4v) is 4.09. The first-order chi connectivity index (χ1) is 14.0. The van der Waals surface area contributed by atoms with Gasteiger partial charge in [-0.3, -0.25) is 9.59 Å². The summed E-state index contributed by atoms with van der Waals surface area (Å²) in [5.74, 6) is 0.750. The molecular weight excluding hydrogens is 392 g/mol. The van der Waals surface area contributed by atoms with Crippen molar-refractivity contribution in [2.45, 2.75) is 25.4 Å². The first-order valence-corrected chi connectivity index (χ1v) is 10.1. The second-order valence-electron chi connectivity index (χ2n) is 7.36. The number of benzene rings is 2. The molecule has 1 fully saturated rings. The highest BCUT2D eigenvalue weighted by Crippen LogP contribution is 2.38. The lowest BCUT2D eigenvalue weighted by Gasteiger charge is -2.25. The number of carbonyl (C=O) groups excluding carboxylic acids is 2. The van der Waals surface area contributed by atoms with Crippen LogP contribution in [0.3, 0.4) is 0 Å². The third kappa shape index (κ3) is 4.17. The number of hydrogen-bond acceptors (Lipinski definition) is 4. The fraction of sp³-hybridized carbons (Fsp3) is 0.364. The summed E-state index contributed by atoms with van der Waals surface area (Å²) in [4.78, 5) is 26.9. The molecular formula is C22H23ClN2O4. The first kappa shape index (κ1) is 19.6. The van der Waals surface area contributed by atoms with E-state index in [1.807, 2.05) is 36.4 Å². The Morgan fingerprint density at radius 3 is 2.76 bits per heavy atom. The number of halogens is 1. The van der Waals surface area contributed by atoms with E-state index in [9.17, 15) is 9.59 Å². The summed E-state index contributed by atoms with van der Waals surface area (Å²) >= 11 is 6.12. The molecule has 0 spiro atoms. The lowest BCUT2D eigenvalue weighted by atomic mass is 9.93. The zero-order chi connectivity index (χ0) is 20.4. The van der Waals surface area contributed by atoms with Crippen LogP contribution in [0.25, 0.3) is 0 Å². The summed E-state index contributed by atoms with van der Waals surface area (Å²) in [6.07, 6.45) is 1.02. The molecule has 0 aromatic heterocycles. The quantitative estimate of drug-likeness (QED) is 0.833. The summed E-state index contributed by atoms with van der Waals surface area (Å²) < 4.78 is 11.3. The largest absolute Gasteiger partial charge is 0.490 e. The Balaban J connectivity index is 1.47. The molecule has 7 heteroatoms. The van der Waals surface area contributed by atoms with Gasteiger partial charge < -0.3 is 19.7 Å². The highest BCUT2D eigenvalue weighted by molar-refractivity contribution is 6.30. The molecule has 2 aliphatic heterocycles. The van der Waals surface area contributed by atoms with Crippen LogP contribution in [0, 0.1) is 5.92 Å². The van der Waals surface area contributed by atoms with Crippen molar-refractivity contribution in [1.82, 2.24) is 10.2 Å². The van der Waals surface area contributed by atoms with E-state index < -0.39 is 5.92 Å². The Labute approximate surface area is 174 Å². The second-order valence-corrected chi connectivity index (χ2v) is 7.80. The van der Waals surface area contributed by atoms with Crippen LogP contribution in [0.15, 0.2) is 42.5 Å². The Morgan fingerprint density at radius 2 is 1.97 bits per heavy atom. The first-order valence-electron chi connectivity index (χ1n) is 9.70. The van der Waals surface area contributed by atoms with Crippen molar-refractivity contribution in [2.24, 2.45) is 5.92 Å². The lowest BCUT2D eigenvalue weighted by Crippen LogP contribution is -2.34. The van der Waals surface area contributed by atoms with Crippen molar-refractivity contribution in [3.05, 3.63) is 58.6 Å². The summed E-state index contributed by atoms with van der Waals surface area (Å²) in [5.41, 5.74) is 1.78. The Kier molecular flexibility index (Phi) is 5.62. The van der Waals surface area contributed by atoms with E-state index in [-0.39, 0.29) is 24.3 Å². The van der Waals surface area contributed by atoms with Crippen molar-refractivity contribution < 1.29 is 19.1 Å². The van der Waals surface area contributed by atoms with Gasteiger partial charge in [0.1, 0.15) is 0 Å². The van der Waals surface area contributed by atoms with E-state index >= 15 is 0 Å². The van der Waals surface area contributed by atoms with Gasteiger partial charge in [0.2, 0.25) is 11.8 Å². The van der Waals surface area contributed by atoms with Crippen molar-refractivity contribution in [1.29, 1.82) is 0 Å². The van der Waals surface area contributed by atoms with Gasteiger partial charge in [0, 0.05) is 31.5 Å². The number of nitrogens with zero attached hydrogens (tertiary/aromatic N) is 1. The number of ether oxygens (including phenoxy) is 2. The SMILES string of the molecule is CN1C(=O)CC(C(=O)NCc2ccc3c(c2)OCCCO3)C1c1cccc(Cl)c1. The predicted molar refractivity (Wildman–Crippen MR) is 109 cm³/mol. The zero-order valence-electron chi connectivity index (χ0n) is 16.2. The molecule has 6 nitrogen and oxygen atoms in total. The molecule has 0 radical (unpaired) electrons. The minimum atomic E-state index is -0.466. The normalized spacial score (nSPS) is 21.0. The van der Waals surface area contributed by atoms with Gasteiger partial charge in [0.25, 0.3) is 0 Å². The van der Waals surface area contributed by atoms with Crippen LogP contribution < -0.4 is 14.8 Å².